The Morgan fingerprint density at radius 1 is 1.07 bits per heavy atom. The molecule has 0 saturated heterocycles. The molecule has 1 aliphatic carbocycles. The van der Waals surface area contributed by atoms with E-state index >= 15 is 0 Å². The maximum atomic E-state index is 5.12. The molecular weight excluding hydrogens is 346 g/mol. The van der Waals surface area contributed by atoms with Crippen molar-refractivity contribution >= 4 is 10.8 Å². The smallest absolute Gasteiger partial charge is 0.114 e. The highest BCUT2D eigenvalue weighted by Gasteiger charge is 2.22. The molecule has 4 heterocycles. The molecule has 0 amide bonds. The minimum atomic E-state index is 0.908. The lowest BCUT2D eigenvalue weighted by Crippen LogP contribution is -2.02. The van der Waals surface area contributed by atoms with Crippen molar-refractivity contribution in [3.63, 3.8) is 0 Å². The van der Waals surface area contributed by atoms with Gasteiger partial charge in [0.1, 0.15) is 11.4 Å². The molecule has 0 saturated carbocycles. The lowest BCUT2D eigenvalue weighted by Gasteiger charge is -2.14. The van der Waals surface area contributed by atoms with Crippen LogP contribution in [0.25, 0.3) is 33.5 Å². The summed E-state index contributed by atoms with van der Waals surface area (Å²) >= 11 is 0. The van der Waals surface area contributed by atoms with E-state index in [1.165, 1.54) is 47.3 Å². The first-order chi connectivity index (χ1) is 13.7. The molecule has 28 heavy (non-hydrogen) atoms. The van der Waals surface area contributed by atoms with Crippen molar-refractivity contribution in [1.82, 2.24) is 25.1 Å². The molecule has 4 aromatic rings. The predicted octanol–water partition coefficient (Wildman–Crippen LogP) is 5.07. The van der Waals surface area contributed by atoms with Crippen LogP contribution < -0.4 is 0 Å². The minimum Gasteiger partial charge on any atom is -0.357 e. The van der Waals surface area contributed by atoms with Crippen molar-refractivity contribution in [3.05, 3.63) is 52.6 Å². The zero-order valence-electron chi connectivity index (χ0n) is 16.7. The van der Waals surface area contributed by atoms with Crippen LogP contribution in [0.1, 0.15) is 47.8 Å². The molecule has 5 nitrogen and oxygen atoms in total. The number of rotatable bonds is 3. The number of aromatic nitrogens is 5. The standard InChI is InChI=1S/C23H25N5/c1-4-19-13(2)21(28-27-19)23-18-12-24-10-9-15(18)11-20(26-23)22-17-8-6-5-7-16(17)14(3)25-22/h9-12,25H,4-8H2,1-3H3,(H,27,28). The highest BCUT2D eigenvalue weighted by Crippen LogP contribution is 2.36. The maximum absolute atomic E-state index is 5.12. The summed E-state index contributed by atoms with van der Waals surface area (Å²) in [6, 6.07) is 4.25. The summed E-state index contributed by atoms with van der Waals surface area (Å²) < 4.78 is 0. The largest absolute Gasteiger partial charge is 0.357 e. The Bertz CT molecular complexity index is 1180. The fraction of sp³-hybridized carbons (Fsp3) is 0.348. The average molecular weight is 371 g/mol. The van der Waals surface area contributed by atoms with Crippen LogP contribution in [-0.4, -0.2) is 25.1 Å². The lowest BCUT2D eigenvalue weighted by atomic mass is 9.91. The summed E-state index contributed by atoms with van der Waals surface area (Å²) in [6.07, 6.45) is 9.50. The van der Waals surface area contributed by atoms with E-state index in [4.69, 9.17) is 4.98 Å². The number of nitrogens with one attached hydrogen (secondary N) is 2. The molecule has 0 bridgehead atoms. The van der Waals surface area contributed by atoms with Crippen molar-refractivity contribution in [1.29, 1.82) is 0 Å². The molecular formula is C23H25N5. The van der Waals surface area contributed by atoms with E-state index in [9.17, 15) is 0 Å². The van der Waals surface area contributed by atoms with Crippen molar-refractivity contribution < 1.29 is 0 Å². The first kappa shape index (κ1) is 17.2. The van der Waals surface area contributed by atoms with Crippen molar-refractivity contribution in [2.75, 3.05) is 0 Å². The zero-order chi connectivity index (χ0) is 19.3. The molecule has 1 aliphatic rings. The Kier molecular flexibility index (Phi) is 4.04. The quantitative estimate of drug-likeness (QED) is 0.528. The van der Waals surface area contributed by atoms with Gasteiger partial charge in [0.15, 0.2) is 0 Å². The van der Waals surface area contributed by atoms with E-state index in [1.807, 2.05) is 12.4 Å². The summed E-state index contributed by atoms with van der Waals surface area (Å²) in [5.41, 5.74) is 10.6. The van der Waals surface area contributed by atoms with Crippen molar-refractivity contribution in [2.45, 2.75) is 52.9 Å². The molecule has 0 unspecified atom stereocenters. The van der Waals surface area contributed by atoms with E-state index in [-0.39, 0.29) is 0 Å². The number of pyridine rings is 2. The molecule has 2 N–H and O–H groups in total. The van der Waals surface area contributed by atoms with Crippen LogP contribution in [0.2, 0.25) is 0 Å². The first-order valence-electron chi connectivity index (χ1n) is 10.2. The minimum absolute atomic E-state index is 0.908. The summed E-state index contributed by atoms with van der Waals surface area (Å²) in [5.74, 6) is 0. The first-order valence-corrected chi connectivity index (χ1v) is 10.2. The monoisotopic (exact) mass is 371 g/mol. The van der Waals surface area contributed by atoms with E-state index in [0.29, 0.717) is 0 Å². The van der Waals surface area contributed by atoms with Gasteiger partial charge in [-0.2, -0.15) is 5.10 Å². The third kappa shape index (κ3) is 2.57. The Labute approximate surface area is 164 Å². The van der Waals surface area contributed by atoms with Crippen LogP contribution in [0.4, 0.5) is 0 Å². The fourth-order valence-corrected chi connectivity index (χ4v) is 4.56. The molecule has 0 aliphatic heterocycles. The number of nitrogens with zero attached hydrogens (tertiary/aromatic N) is 3. The number of H-pyrrole nitrogens is 2. The van der Waals surface area contributed by atoms with Gasteiger partial charge in [0.2, 0.25) is 0 Å². The molecule has 5 heteroatoms. The lowest BCUT2D eigenvalue weighted by molar-refractivity contribution is 0.688. The van der Waals surface area contributed by atoms with Crippen LogP contribution in [0.3, 0.4) is 0 Å². The van der Waals surface area contributed by atoms with E-state index < -0.39 is 0 Å². The normalized spacial score (nSPS) is 13.8. The molecule has 0 spiro atoms. The highest BCUT2D eigenvalue weighted by molar-refractivity contribution is 5.96. The molecule has 0 aromatic carbocycles. The Balaban J connectivity index is 1.77. The van der Waals surface area contributed by atoms with Gasteiger partial charge in [-0.1, -0.05) is 6.92 Å². The van der Waals surface area contributed by atoms with Crippen LogP contribution in [0.15, 0.2) is 24.5 Å². The summed E-state index contributed by atoms with van der Waals surface area (Å²) in [4.78, 5) is 13.1. The van der Waals surface area contributed by atoms with Gasteiger partial charge >= 0.3 is 0 Å². The fourth-order valence-electron chi connectivity index (χ4n) is 4.56. The zero-order valence-corrected chi connectivity index (χ0v) is 16.7. The second-order valence-corrected chi connectivity index (χ2v) is 7.77. The number of aryl methyl sites for hydroxylation is 2. The van der Waals surface area contributed by atoms with E-state index in [2.05, 4.69) is 53.1 Å². The Morgan fingerprint density at radius 3 is 2.68 bits per heavy atom. The second-order valence-electron chi connectivity index (χ2n) is 7.77. The van der Waals surface area contributed by atoms with Crippen molar-refractivity contribution in [2.24, 2.45) is 0 Å². The predicted molar refractivity (Wildman–Crippen MR) is 112 cm³/mol. The van der Waals surface area contributed by atoms with Gasteiger partial charge in [0.25, 0.3) is 0 Å². The third-order valence-corrected chi connectivity index (χ3v) is 6.11. The maximum Gasteiger partial charge on any atom is 0.114 e. The number of hydrogen-bond acceptors (Lipinski definition) is 3. The molecule has 5 rings (SSSR count). The third-order valence-electron chi connectivity index (χ3n) is 6.11. The number of fused-ring (bicyclic) bond motifs is 2. The van der Waals surface area contributed by atoms with Crippen LogP contribution >= 0.6 is 0 Å². The molecule has 0 atom stereocenters. The Hall–Kier alpha value is -2.95. The topological polar surface area (TPSA) is 70.2 Å². The second kappa shape index (κ2) is 6.59. The van der Waals surface area contributed by atoms with Crippen LogP contribution in [-0.2, 0) is 19.3 Å². The van der Waals surface area contributed by atoms with Crippen LogP contribution in [0, 0.1) is 13.8 Å². The van der Waals surface area contributed by atoms with Gasteiger partial charge in [-0.3, -0.25) is 10.1 Å². The number of aromatic amines is 2. The van der Waals surface area contributed by atoms with Crippen LogP contribution in [0.5, 0.6) is 0 Å². The van der Waals surface area contributed by atoms with Gasteiger partial charge < -0.3 is 4.98 Å². The van der Waals surface area contributed by atoms with Crippen molar-refractivity contribution in [3.8, 4) is 22.8 Å². The number of hydrogen-bond donors (Lipinski definition) is 2. The van der Waals surface area contributed by atoms with Gasteiger partial charge in [0, 0.05) is 29.2 Å². The van der Waals surface area contributed by atoms with Gasteiger partial charge in [-0.05, 0) is 80.2 Å². The molecule has 142 valence electrons. The Morgan fingerprint density at radius 2 is 1.89 bits per heavy atom. The SMILES string of the molecule is CCc1[nH]nc(-c2nc(-c3[nH]c(C)c4c3CCCC4)cc3ccncc23)c1C. The van der Waals surface area contributed by atoms with E-state index in [1.54, 1.807) is 0 Å². The molecule has 4 aromatic heterocycles. The summed E-state index contributed by atoms with van der Waals surface area (Å²) in [5, 5.41) is 9.98. The van der Waals surface area contributed by atoms with Gasteiger partial charge in [-0.25, -0.2) is 4.98 Å². The van der Waals surface area contributed by atoms with Gasteiger partial charge in [0.05, 0.1) is 11.4 Å². The molecule has 0 fully saturated rings. The average Bonchev–Trinajstić information content (AvgIpc) is 3.27. The van der Waals surface area contributed by atoms with Gasteiger partial charge in [-0.15, -0.1) is 0 Å². The highest BCUT2D eigenvalue weighted by atomic mass is 15.1. The van der Waals surface area contributed by atoms with E-state index in [0.717, 1.165) is 46.4 Å². The summed E-state index contributed by atoms with van der Waals surface area (Å²) in [7, 11) is 0. The molecule has 0 radical (unpaired) electrons. The summed E-state index contributed by atoms with van der Waals surface area (Å²) in [6.45, 7) is 6.45.